The summed E-state index contributed by atoms with van der Waals surface area (Å²) in [7, 11) is 0. The van der Waals surface area contributed by atoms with Crippen LogP contribution in [0.5, 0.6) is 0 Å². The fourth-order valence-electron chi connectivity index (χ4n) is 3.91. The van der Waals surface area contributed by atoms with E-state index in [-0.39, 0.29) is 23.6 Å². The van der Waals surface area contributed by atoms with Gasteiger partial charge in [0.15, 0.2) is 5.16 Å². The summed E-state index contributed by atoms with van der Waals surface area (Å²) in [6, 6.07) is 15.2. The van der Waals surface area contributed by atoms with Crippen molar-refractivity contribution < 1.29 is 9.59 Å². The van der Waals surface area contributed by atoms with Crippen LogP contribution in [-0.4, -0.2) is 33.2 Å². The smallest absolute Gasteiger partial charge is 0.253 e. The van der Waals surface area contributed by atoms with Gasteiger partial charge in [-0.15, -0.1) is 6.58 Å². The first-order valence-electron chi connectivity index (χ1n) is 10.5. The normalized spacial score (nSPS) is 13.9. The summed E-state index contributed by atoms with van der Waals surface area (Å²) in [5.74, 6) is -0.120. The van der Waals surface area contributed by atoms with E-state index >= 15 is 0 Å². The first kappa shape index (κ1) is 21.2. The lowest BCUT2D eigenvalue weighted by Gasteiger charge is -2.15. The maximum Gasteiger partial charge on any atom is 0.253 e. The Morgan fingerprint density at radius 3 is 2.68 bits per heavy atom. The quantitative estimate of drug-likeness (QED) is 0.400. The molecule has 0 radical (unpaired) electrons. The Bertz CT molecular complexity index is 1100. The van der Waals surface area contributed by atoms with Crippen LogP contribution in [0.3, 0.4) is 0 Å². The van der Waals surface area contributed by atoms with E-state index in [1.807, 2.05) is 47.0 Å². The number of thioether (sulfide) groups is 1. The Kier molecular flexibility index (Phi) is 6.72. The number of para-hydroxylation sites is 3. The molecular formula is C24H26N4O2S. The Labute approximate surface area is 186 Å². The van der Waals surface area contributed by atoms with Crippen LogP contribution >= 0.6 is 11.8 Å². The predicted molar refractivity (Wildman–Crippen MR) is 125 cm³/mol. The first-order valence-corrected chi connectivity index (χ1v) is 11.5. The number of amides is 2. The van der Waals surface area contributed by atoms with Gasteiger partial charge in [0.1, 0.15) is 0 Å². The predicted octanol–water partition coefficient (Wildman–Crippen LogP) is 4.63. The number of imidazole rings is 1. The highest BCUT2D eigenvalue weighted by atomic mass is 32.2. The highest BCUT2D eigenvalue weighted by molar-refractivity contribution is 7.99. The number of carbonyl (C=O) groups excluding carboxylic acids is 2. The molecule has 1 heterocycles. The number of anilines is 1. The molecule has 31 heavy (non-hydrogen) atoms. The summed E-state index contributed by atoms with van der Waals surface area (Å²) < 4.78 is 2.04. The van der Waals surface area contributed by atoms with E-state index in [1.54, 1.807) is 12.1 Å². The number of benzene rings is 2. The molecule has 7 heteroatoms. The van der Waals surface area contributed by atoms with Crippen LogP contribution in [0.2, 0.25) is 0 Å². The van der Waals surface area contributed by atoms with Gasteiger partial charge in [-0.25, -0.2) is 4.98 Å². The standard InChI is InChI=1S/C24H26N4O2S/c1-2-15-28-21-14-8-7-13-20(21)27-24(28)31-16-22(29)26-19-12-6-5-11-18(19)23(30)25-17-9-3-4-10-17/h2,5-8,11-14,17H,1,3-4,9-10,15-16H2,(H,25,30)(H,26,29). The SMILES string of the molecule is C=CCn1c(SCC(=O)Nc2ccccc2C(=O)NC2CCCC2)nc2ccccc21. The van der Waals surface area contributed by atoms with Gasteiger partial charge in [-0.1, -0.05) is 54.9 Å². The van der Waals surface area contributed by atoms with Crippen molar-refractivity contribution in [1.29, 1.82) is 0 Å². The molecule has 1 saturated carbocycles. The summed E-state index contributed by atoms with van der Waals surface area (Å²) in [6.07, 6.45) is 6.15. The maximum absolute atomic E-state index is 12.7. The molecule has 6 nitrogen and oxygen atoms in total. The molecule has 0 saturated heterocycles. The van der Waals surface area contributed by atoms with Crippen LogP contribution in [0.4, 0.5) is 5.69 Å². The van der Waals surface area contributed by atoms with E-state index in [1.165, 1.54) is 11.8 Å². The zero-order valence-electron chi connectivity index (χ0n) is 17.3. The lowest BCUT2D eigenvalue weighted by Crippen LogP contribution is -2.33. The molecule has 1 aliphatic carbocycles. The number of allylic oxidation sites excluding steroid dienone is 1. The topological polar surface area (TPSA) is 76.0 Å². The largest absolute Gasteiger partial charge is 0.349 e. The van der Waals surface area contributed by atoms with Crippen LogP contribution < -0.4 is 10.6 Å². The number of rotatable bonds is 8. The second kappa shape index (κ2) is 9.83. The van der Waals surface area contributed by atoms with Crippen LogP contribution in [0.15, 0.2) is 66.3 Å². The van der Waals surface area contributed by atoms with Gasteiger partial charge in [-0.05, 0) is 37.1 Å². The van der Waals surface area contributed by atoms with Crippen molar-refractivity contribution in [2.45, 2.75) is 43.4 Å². The summed E-state index contributed by atoms with van der Waals surface area (Å²) in [5, 5.41) is 6.75. The first-order chi connectivity index (χ1) is 15.2. The lowest BCUT2D eigenvalue weighted by molar-refractivity contribution is -0.113. The monoisotopic (exact) mass is 434 g/mol. The van der Waals surface area contributed by atoms with Crippen LogP contribution in [0.1, 0.15) is 36.0 Å². The lowest BCUT2D eigenvalue weighted by atomic mass is 10.1. The number of hydrogen-bond donors (Lipinski definition) is 2. The molecular weight excluding hydrogens is 408 g/mol. The van der Waals surface area contributed by atoms with Crippen molar-refractivity contribution in [2.75, 3.05) is 11.1 Å². The molecule has 3 aromatic rings. The zero-order chi connectivity index (χ0) is 21.6. The van der Waals surface area contributed by atoms with Crippen molar-refractivity contribution in [1.82, 2.24) is 14.9 Å². The highest BCUT2D eigenvalue weighted by Crippen LogP contribution is 2.25. The molecule has 4 rings (SSSR count). The van der Waals surface area contributed by atoms with E-state index < -0.39 is 0 Å². The third-order valence-corrected chi connectivity index (χ3v) is 6.38. The number of nitrogens with zero attached hydrogens (tertiary/aromatic N) is 2. The van der Waals surface area contributed by atoms with E-state index in [9.17, 15) is 9.59 Å². The zero-order valence-corrected chi connectivity index (χ0v) is 18.2. The van der Waals surface area contributed by atoms with E-state index in [0.717, 1.165) is 41.9 Å². The highest BCUT2D eigenvalue weighted by Gasteiger charge is 2.20. The molecule has 1 aromatic heterocycles. The maximum atomic E-state index is 12.7. The molecule has 1 aliphatic rings. The second-order valence-corrected chi connectivity index (χ2v) is 8.56. The third-order valence-electron chi connectivity index (χ3n) is 5.40. The number of carbonyl (C=O) groups is 2. The van der Waals surface area contributed by atoms with Gasteiger partial charge < -0.3 is 15.2 Å². The fourth-order valence-corrected chi connectivity index (χ4v) is 4.73. The molecule has 160 valence electrons. The van der Waals surface area contributed by atoms with Crippen LogP contribution in [0, 0.1) is 0 Å². The van der Waals surface area contributed by atoms with E-state index in [4.69, 9.17) is 0 Å². The molecule has 0 atom stereocenters. The molecule has 2 N–H and O–H groups in total. The van der Waals surface area contributed by atoms with Crippen LogP contribution in [-0.2, 0) is 11.3 Å². The average Bonchev–Trinajstić information content (AvgIpc) is 3.41. The molecule has 0 unspecified atom stereocenters. The van der Waals surface area contributed by atoms with Crippen molar-refractivity contribution in [3.8, 4) is 0 Å². The molecule has 2 aromatic carbocycles. The molecule has 2 amide bonds. The van der Waals surface area contributed by atoms with Crippen molar-refractivity contribution in [3.63, 3.8) is 0 Å². The number of nitrogens with one attached hydrogen (secondary N) is 2. The molecule has 0 aliphatic heterocycles. The van der Waals surface area contributed by atoms with Gasteiger partial charge in [0.2, 0.25) is 5.91 Å². The van der Waals surface area contributed by atoms with Gasteiger partial charge in [-0.2, -0.15) is 0 Å². The Morgan fingerprint density at radius 2 is 1.87 bits per heavy atom. The second-order valence-electron chi connectivity index (χ2n) is 7.62. The van der Waals surface area contributed by atoms with Gasteiger partial charge in [0.25, 0.3) is 5.91 Å². The Balaban J connectivity index is 1.43. The minimum absolute atomic E-state index is 0.136. The van der Waals surface area contributed by atoms with Gasteiger partial charge in [0.05, 0.1) is 28.0 Å². The minimum Gasteiger partial charge on any atom is -0.349 e. The number of aromatic nitrogens is 2. The number of hydrogen-bond acceptors (Lipinski definition) is 4. The molecule has 1 fully saturated rings. The molecule has 0 spiro atoms. The van der Waals surface area contributed by atoms with Crippen molar-refractivity contribution in [2.24, 2.45) is 0 Å². The van der Waals surface area contributed by atoms with Crippen molar-refractivity contribution in [3.05, 3.63) is 66.7 Å². The summed E-state index contributed by atoms with van der Waals surface area (Å²) in [4.78, 5) is 30.0. The Hall–Kier alpha value is -3.06. The van der Waals surface area contributed by atoms with Gasteiger partial charge in [-0.3, -0.25) is 9.59 Å². The third kappa shape index (κ3) is 4.99. The summed E-state index contributed by atoms with van der Waals surface area (Å²) >= 11 is 1.37. The minimum atomic E-state index is -0.177. The summed E-state index contributed by atoms with van der Waals surface area (Å²) in [5.41, 5.74) is 2.93. The average molecular weight is 435 g/mol. The van der Waals surface area contributed by atoms with Crippen LogP contribution in [0.25, 0.3) is 11.0 Å². The van der Waals surface area contributed by atoms with E-state index in [0.29, 0.717) is 17.8 Å². The van der Waals surface area contributed by atoms with Gasteiger partial charge in [0, 0.05) is 12.6 Å². The Morgan fingerprint density at radius 1 is 1.13 bits per heavy atom. The summed E-state index contributed by atoms with van der Waals surface area (Å²) in [6.45, 7) is 4.44. The van der Waals surface area contributed by atoms with Gasteiger partial charge >= 0.3 is 0 Å². The van der Waals surface area contributed by atoms with E-state index in [2.05, 4.69) is 22.2 Å². The van der Waals surface area contributed by atoms with Crippen molar-refractivity contribution >= 4 is 40.3 Å². The fraction of sp³-hybridized carbons (Fsp3) is 0.292. The number of fused-ring (bicyclic) bond motifs is 1. The molecule has 0 bridgehead atoms.